The fraction of sp³-hybridized carbons (Fsp3) is 0.333. The Morgan fingerprint density at radius 1 is 0.933 bits per heavy atom. The van der Waals surface area contributed by atoms with Crippen LogP contribution in [0, 0.1) is 0 Å². The molecule has 2 aromatic rings. The van der Waals surface area contributed by atoms with Crippen LogP contribution in [-0.4, -0.2) is 33.0 Å². The number of anilines is 2. The summed E-state index contributed by atoms with van der Waals surface area (Å²) in [6.45, 7) is 1.81. The highest BCUT2D eigenvalue weighted by Gasteiger charge is 1.93. The third kappa shape index (κ3) is 3.01. The molecule has 6 nitrogen and oxygen atoms in total. The normalized spacial score (nSPS) is 10.1. The van der Waals surface area contributed by atoms with E-state index in [9.17, 15) is 0 Å². The molecule has 0 fully saturated rings. The SMILES string of the molecule is c1ncc(NCCCNc2cnc[nH]2)[nH]1. The summed E-state index contributed by atoms with van der Waals surface area (Å²) in [5, 5.41) is 6.44. The molecule has 0 aliphatic rings. The van der Waals surface area contributed by atoms with Gasteiger partial charge in [-0.15, -0.1) is 0 Å². The first-order valence-corrected chi connectivity index (χ1v) is 4.89. The van der Waals surface area contributed by atoms with Crippen molar-refractivity contribution < 1.29 is 0 Å². The van der Waals surface area contributed by atoms with Gasteiger partial charge in [-0.05, 0) is 6.42 Å². The summed E-state index contributed by atoms with van der Waals surface area (Å²) in [7, 11) is 0. The minimum absolute atomic E-state index is 0.906. The predicted octanol–water partition coefficient (Wildman–Crippen LogP) is 1.05. The summed E-state index contributed by atoms with van der Waals surface area (Å²) in [6, 6.07) is 0. The Morgan fingerprint density at radius 2 is 1.47 bits per heavy atom. The summed E-state index contributed by atoms with van der Waals surface area (Å²) in [6.07, 6.45) is 7.87. The van der Waals surface area contributed by atoms with Crippen molar-refractivity contribution in [3.05, 3.63) is 25.0 Å². The Labute approximate surface area is 87.5 Å². The van der Waals surface area contributed by atoms with E-state index in [-0.39, 0.29) is 0 Å². The zero-order chi connectivity index (χ0) is 10.3. The van der Waals surface area contributed by atoms with Crippen molar-refractivity contribution in [1.29, 1.82) is 0 Å². The number of H-pyrrole nitrogens is 2. The zero-order valence-electron chi connectivity index (χ0n) is 8.33. The average Bonchev–Trinajstić information content (AvgIpc) is 2.88. The summed E-state index contributed by atoms with van der Waals surface area (Å²) < 4.78 is 0. The van der Waals surface area contributed by atoms with E-state index in [1.54, 1.807) is 25.0 Å². The van der Waals surface area contributed by atoms with E-state index in [1.165, 1.54) is 0 Å². The second kappa shape index (κ2) is 5.04. The average molecular weight is 206 g/mol. The first-order chi connectivity index (χ1) is 7.45. The number of nitrogens with zero attached hydrogens (tertiary/aromatic N) is 2. The van der Waals surface area contributed by atoms with Gasteiger partial charge in [0.1, 0.15) is 11.6 Å². The lowest BCUT2D eigenvalue weighted by Gasteiger charge is -2.04. The Kier molecular flexibility index (Phi) is 3.22. The van der Waals surface area contributed by atoms with Gasteiger partial charge in [-0.25, -0.2) is 9.97 Å². The van der Waals surface area contributed by atoms with Crippen LogP contribution >= 0.6 is 0 Å². The van der Waals surface area contributed by atoms with Crippen molar-refractivity contribution in [1.82, 2.24) is 19.9 Å². The number of hydrogen-bond donors (Lipinski definition) is 4. The van der Waals surface area contributed by atoms with Gasteiger partial charge in [0, 0.05) is 13.1 Å². The fourth-order valence-corrected chi connectivity index (χ4v) is 1.24. The monoisotopic (exact) mass is 206 g/mol. The maximum Gasteiger partial charge on any atom is 0.123 e. The van der Waals surface area contributed by atoms with Gasteiger partial charge in [0.15, 0.2) is 0 Å². The number of aromatic amines is 2. The molecule has 0 radical (unpaired) electrons. The Hall–Kier alpha value is -1.98. The molecule has 4 N–H and O–H groups in total. The maximum absolute atomic E-state index is 3.91. The van der Waals surface area contributed by atoms with Gasteiger partial charge < -0.3 is 20.6 Å². The van der Waals surface area contributed by atoms with Gasteiger partial charge in [-0.1, -0.05) is 0 Å². The highest BCUT2D eigenvalue weighted by molar-refractivity contribution is 5.31. The first-order valence-electron chi connectivity index (χ1n) is 4.89. The largest absolute Gasteiger partial charge is 0.370 e. The van der Waals surface area contributed by atoms with Crippen LogP contribution in [0.3, 0.4) is 0 Å². The quantitative estimate of drug-likeness (QED) is 0.532. The molecule has 80 valence electrons. The van der Waals surface area contributed by atoms with Gasteiger partial charge >= 0.3 is 0 Å². The van der Waals surface area contributed by atoms with Crippen LogP contribution in [0.1, 0.15) is 6.42 Å². The Bertz CT molecular complexity index is 316. The second-order valence-electron chi connectivity index (χ2n) is 3.14. The van der Waals surface area contributed by atoms with Crippen LogP contribution in [0.2, 0.25) is 0 Å². The van der Waals surface area contributed by atoms with Crippen molar-refractivity contribution in [2.75, 3.05) is 23.7 Å². The minimum atomic E-state index is 0.906. The van der Waals surface area contributed by atoms with Crippen LogP contribution in [-0.2, 0) is 0 Å². The zero-order valence-corrected chi connectivity index (χ0v) is 8.33. The summed E-state index contributed by atoms with van der Waals surface area (Å²) in [5.74, 6) is 1.91. The van der Waals surface area contributed by atoms with Gasteiger partial charge in [0.25, 0.3) is 0 Å². The highest BCUT2D eigenvalue weighted by atomic mass is 15.1. The molecule has 0 aliphatic heterocycles. The third-order valence-corrected chi connectivity index (χ3v) is 1.98. The molecule has 0 spiro atoms. The molecule has 0 saturated carbocycles. The number of aromatic nitrogens is 4. The molecule has 0 aromatic carbocycles. The summed E-state index contributed by atoms with van der Waals surface area (Å²) in [5.41, 5.74) is 0. The van der Waals surface area contributed by atoms with Gasteiger partial charge in [0.05, 0.1) is 25.0 Å². The van der Waals surface area contributed by atoms with Crippen molar-refractivity contribution in [2.24, 2.45) is 0 Å². The molecular formula is C9H14N6. The lowest BCUT2D eigenvalue weighted by atomic mass is 10.4. The molecule has 0 bridgehead atoms. The first kappa shape index (κ1) is 9.57. The van der Waals surface area contributed by atoms with E-state index in [4.69, 9.17) is 0 Å². The molecule has 2 heterocycles. The van der Waals surface area contributed by atoms with Crippen molar-refractivity contribution >= 4 is 11.6 Å². The molecular weight excluding hydrogens is 192 g/mol. The number of hydrogen-bond acceptors (Lipinski definition) is 4. The van der Waals surface area contributed by atoms with Gasteiger partial charge in [-0.2, -0.15) is 0 Å². The maximum atomic E-state index is 3.91. The van der Waals surface area contributed by atoms with Gasteiger partial charge in [-0.3, -0.25) is 0 Å². The molecule has 0 aliphatic carbocycles. The molecule has 6 heteroatoms. The van der Waals surface area contributed by atoms with Crippen molar-refractivity contribution in [3.8, 4) is 0 Å². The molecule has 2 rings (SSSR count). The molecule has 2 aromatic heterocycles. The smallest absolute Gasteiger partial charge is 0.123 e. The van der Waals surface area contributed by atoms with E-state index in [0.717, 1.165) is 31.1 Å². The van der Waals surface area contributed by atoms with Crippen molar-refractivity contribution in [2.45, 2.75) is 6.42 Å². The third-order valence-electron chi connectivity index (χ3n) is 1.98. The molecule has 0 saturated heterocycles. The van der Waals surface area contributed by atoms with E-state index >= 15 is 0 Å². The van der Waals surface area contributed by atoms with E-state index in [0.29, 0.717) is 0 Å². The topological polar surface area (TPSA) is 81.4 Å². The second-order valence-corrected chi connectivity index (χ2v) is 3.14. The standard InChI is InChI=1S/C9H14N6/c1(2-12-8-4-10-6-14-8)3-13-9-5-11-7-15-9/h4-7,12-13H,1-3H2,(H,10,14)(H,11,15). The van der Waals surface area contributed by atoms with Crippen LogP contribution in [0.15, 0.2) is 25.0 Å². The summed E-state index contributed by atoms with van der Waals surface area (Å²) in [4.78, 5) is 13.8. The van der Waals surface area contributed by atoms with E-state index in [2.05, 4.69) is 30.6 Å². The highest BCUT2D eigenvalue weighted by Crippen LogP contribution is 1.99. The predicted molar refractivity (Wildman–Crippen MR) is 58.8 cm³/mol. The molecule has 0 atom stereocenters. The lowest BCUT2D eigenvalue weighted by molar-refractivity contribution is 0.901. The van der Waals surface area contributed by atoms with Crippen LogP contribution in [0.4, 0.5) is 11.6 Å². The number of nitrogens with one attached hydrogen (secondary N) is 4. The van der Waals surface area contributed by atoms with Crippen LogP contribution < -0.4 is 10.6 Å². The molecule has 15 heavy (non-hydrogen) atoms. The number of imidazole rings is 2. The Balaban J connectivity index is 1.56. The fourth-order valence-electron chi connectivity index (χ4n) is 1.24. The lowest BCUT2D eigenvalue weighted by Crippen LogP contribution is -2.09. The molecule has 0 unspecified atom stereocenters. The van der Waals surface area contributed by atoms with E-state index < -0.39 is 0 Å². The van der Waals surface area contributed by atoms with Gasteiger partial charge in [0.2, 0.25) is 0 Å². The van der Waals surface area contributed by atoms with Crippen LogP contribution in [0.5, 0.6) is 0 Å². The molecule has 0 amide bonds. The van der Waals surface area contributed by atoms with Crippen LogP contribution in [0.25, 0.3) is 0 Å². The number of rotatable bonds is 6. The summed E-state index contributed by atoms with van der Waals surface area (Å²) >= 11 is 0. The van der Waals surface area contributed by atoms with E-state index in [1.807, 2.05) is 0 Å². The minimum Gasteiger partial charge on any atom is -0.370 e. The van der Waals surface area contributed by atoms with Crippen molar-refractivity contribution in [3.63, 3.8) is 0 Å². The Morgan fingerprint density at radius 3 is 1.87 bits per heavy atom.